The Labute approximate surface area is 365 Å². The first-order chi connectivity index (χ1) is 29.0. The molecule has 0 unspecified atom stereocenters. The molecule has 6 nitrogen and oxygen atoms in total. The Morgan fingerprint density at radius 2 is 0.610 bits per heavy atom. The number of ether oxygens (including phenoxy) is 3. The van der Waals surface area contributed by atoms with Crippen LogP contribution in [0.25, 0.3) is 0 Å². The number of carbonyl (C=O) groups is 3. The van der Waals surface area contributed by atoms with Gasteiger partial charge in [-0.25, -0.2) is 0 Å². The zero-order chi connectivity index (χ0) is 43.0. The number of rotatable bonds is 45. The van der Waals surface area contributed by atoms with Crippen molar-refractivity contribution in [1.29, 1.82) is 0 Å². The van der Waals surface area contributed by atoms with Crippen LogP contribution in [0.1, 0.15) is 252 Å². The van der Waals surface area contributed by atoms with Gasteiger partial charge in [0.25, 0.3) is 0 Å². The number of hydrogen-bond donors (Lipinski definition) is 0. The summed E-state index contributed by atoms with van der Waals surface area (Å²) < 4.78 is 16.7. The summed E-state index contributed by atoms with van der Waals surface area (Å²) >= 11 is 0. The van der Waals surface area contributed by atoms with Crippen LogP contribution >= 0.6 is 0 Å². The summed E-state index contributed by atoms with van der Waals surface area (Å²) in [5.41, 5.74) is 0. The fourth-order valence-electron chi connectivity index (χ4n) is 6.97. The molecule has 0 heterocycles. The van der Waals surface area contributed by atoms with Crippen molar-refractivity contribution in [2.24, 2.45) is 0 Å². The van der Waals surface area contributed by atoms with Gasteiger partial charge in [-0.2, -0.15) is 0 Å². The van der Waals surface area contributed by atoms with Crippen molar-refractivity contribution in [3.63, 3.8) is 0 Å². The van der Waals surface area contributed by atoms with E-state index in [9.17, 15) is 14.4 Å². The summed E-state index contributed by atoms with van der Waals surface area (Å²) in [5.74, 6) is -0.931. The van der Waals surface area contributed by atoms with E-state index in [0.29, 0.717) is 19.3 Å². The van der Waals surface area contributed by atoms with Crippen LogP contribution in [0, 0.1) is 0 Å². The predicted molar refractivity (Wildman–Crippen MR) is 252 cm³/mol. The molecule has 0 radical (unpaired) electrons. The molecular formula is C53H94O6. The molecule has 1 atom stereocenters. The molecule has 0 fully saturated rings. The minimum Gasteiger partial charge on any atom is -0.462 e. The van der Waals surface area contributed by atoms with Gasteiger partial charge in [-0.15, -0.1) is 0 Å². The van der Waals surface area contributed by atoms with E-state index in [2.05, 4.69) is 69.4 Å². The highest BCUT2D eigenvalue weighted by molar-refractivity contribution is 5.71. The third-order valence-corrected chi connectivity index (χ3v) is 10.8. The predicted octanol–water partition coefficient (Wildman–Crippen LogP) is 16.3. The van der Waals surface area contributed by atoms with Crippen LogP contribution in [0.3, 0.4) is 0 Å². The van der Waals surface area contributed by atoms with Crippen molar-refractivity contribution in [3.8, 4) is 0 Å². The second-order valence-electron chi connectivity index (χ2n) is 16.7. The smallest absolute Gasteiger partial charge is 0.306 e. The summed E-state index contributed by atoms with van der Waals surface area (Å²) in [6.45, 7) is 6.56. The maximum atomic E-state index is 12.7. The van der Waals surface area contributed by atoms with Crippen molar-refractivity contribution >= 4 is 17.9 Å². The monoisotopic (exact) mass is 827 g/mol. The topological polar surface area (TPSA) is 78.9 Å². The zero-order valence-electron chi connectivity index (χ0n) is 39.0. The Morgan fingerprint density at radius 3 is 1.03 bits per heavy atom. The lowest BCUT2D eigenvalue weighted by molar-refractivity contribution is -0.167. The second kappa shape index (κ2) is 48.0. The molecule has 0 aliphatic carbocycles. The normalized spacial score (nSPS) is 12.4. The van der Waals surface area contributed by atoms with Crippen LogP contribution in [-0.2, 0) is 28.6 Å². The van der Waals surface area contributed by atoms with Crippen LogP contribution in [0.4, 0.5) is 0 Å². The van der Waals surface area contributed by atoms with E-state index in [1.54, 1.807) is 0 Å². The minimum absolute atomic E-state index is 0.0876. The van der Waals surface area contributed by atoms with Gasteiger partial charge >= 0.3 is 17.9 Å². The van der Waals surface area contributed by atoms with Gasteiger partial charge in [0.05, 0.1) is 0 Å². The van der Waals surface area contributed by atoms with E-state index in [0.717, 1.165) is 77.0 Å². The van der Waals surface area contributed by atoms with E-state index >= 15 is 0 Å². The first-order valence-electron chi connectivity index (χ1n) is 25.1. The molecule has 0 aromatic rings. The molecule has 0 aliphatic heterocycles. The second-order valence-corrected chi connectivity index (χ2v) is 16.7. The Hall–Kier alpha value is -2.63. The number of hydrogen-bond acceptors (Lipinski definition) is 6. The quantitative estimate of drug-likeness (QED) is 0.0263. The number of carbonyl (C=O) groups excluding carboxylic acids is 3. The molecule has 0 rings (SSSR count). The third-order valence-electron chi connectivity index (χ3n) is 10.8. The molecule has 59 heavy (non-hydrogen) atoms. The van der Waals surface area contributed by atoms with Gasteiger partial charge in [-0.05, 0) is 83.5 Å². The Balaban J connectivity index is 4.42. The molecule has 6 heteroatoms. The fourth-order valence-corrected chi connectivity index (χ4v) is 6.97. The van der Waals surface area contributed by atoms with Gasteiger partial charge in [-0.1, -0.05) is 198 Å². The summed E-state index contributed by atoms with van der Waals surface area (Å²) in [6.07, 6.45) is 56.6. The molecule has 0 N–H and O–H groups in total. The van der Waals surface area contributed by atoms with Crippen molar-refractivity contribution in [3.05, 3.63) is 48.6 Å². The van der Waals surface area contributed by atoms with Gasteiger partial charge in [0.2, 0.25) is 0 Å². The first-order valence-corrected chi connectivity index (χ1v) is 25.1. The van der Waals surface area contributed by atoms with Crippen molar-refractivity contribution in [2.75, 3.05) is 13.2 Å². The van der Waals surface area contributed by atoms with E-state index in [1.165, 1.54) is 135 Å². The van der Waals surface area contributed by atoms with Crippen LogP contribution < -0.4 is 0 Å². The summed E-state index contributed by atoms with van der Waals surface area (Å²) in [6, 6.07) is 0. The summed E-state index contributed by atoms with van der Waals surface area (Å²) in [4.78, 5) is 37.9. The van der Waals surface area contributed by atoms with Crippen LogP contribution in [0.15, 0.2) is 48.6 Å². The summed E-state index contributed by atoms with van der Waals surface area (Å²) in [5, 5.41) is 0. The average Bonchev–Trinajstić information content (AvgIpc) is 3.23. The number of esters is 3. The molecule has 0 aromatic carbocycles. The maximum Gasteiger partial charge on any atom is 0.306 e. The zero-order valence-corrected chi connectivity index (χ0v) is 39.0. The molecule has 0 bridgehead atoms. The molecule has 342 valence electrons. The Morgan fingerprint density at radius 1 is 0.339 bits per heavy atom. The molecule has 0 aliphatic rings. The van der Waals surface area contributed by atoms with Gasteiger partial charge in [0.1, 0.15) is 13.2 Å². The summed E-state index contributed by atoms with van der Waals surface area (Å²) in [7, 11) is 0. The van der Waals surface area contributed by atoms with Crippen LogP contribution in [0.2, 0.25) is 0 Å². The highest BCUT2D eigenvalue weighted by Crippen LogP contribution is 2.14. The average molecular weight is 827 g/mol. The Kier molecular flexibility index (Phi) is 45.9. The van der Waals surface area contributed by atoms with Crippen LogP contribution in [0.5, 0.6) is 0 Å². The van der Waals surface area contributed by atoms with Gasteiger partial charge in [0, 0.05) is 19.3 Å². The van der Waals surface area contributed by atoms with E-state index in [1.807, 2.05) is 0 Å². The molecule has 0 saturated carbocycles. The van der Waals surface area contributed by atoms with Gasteiger partial charge < -0.3 is 14.2 Å². The molecule has 0 spiro atoms. The van der Waals surface area contributed by atoms with E-state index in [-0.39, 0.29) is 31.1 Å². The lowest BCUT2D eigenvalue weighted by Crippen LogP contribution is -2.30. The lowest BCUT2D eigenvalue weighted by Gasteiger charge is -2.18. The van der Waals surface area contributed by atoms with Crippen molar-refractivity contribution in [1.82, 2.24) is 0 Å². The largest absolute Gasteiger partial charge is 0.462 e. The SMILES string of the molecule is CCCCC/C=C\C/C=C\C/C=C\CCCCC(=O)OC[C@H](COC(=O)CCCCCCC/C=C\CCCCCCCC)OC(=O)CCCCCCCCCCCCC. The Bertz CT molecular complexity index is 1040. The van der Waals surface area contributed by atoms with Gasteiger partial charge in [0.15, 0.2) is 6.10 Å². The lowest BCUT2D eigenvalue weighted by atomic mass is 10.1. The number of allylic oxidation sites excluding steroid dienone is 8. The standard InChI is InChI=1S/C53H94O6/c1-4-7-10-13-16-19-22-24-26-28-31-33-36-39-42-45-51(54)57-48-50(59-53(56)47-44-41-38-35-30-21-18-15-12-9-6-3)49-58-52(55)46-43-40-37-34-32-29-27-25-23-20-17-14-11-8-5-2/h16,19,24-27,31,33,50H,4-15,17-18,20-23,28-30,32,34-49H2,1-3H3/b19-16-,26-24-,27-25-,33-31-/t50-/m1/s1. The minimum atomic E-state index is -0.787. The molecular weight excluding hydrogens is 733 g/mol. The van der Waals surface area contributed by atoms with Crippen LogP contribution in [-0.4, -0.2) is 37.2 Å². The first kappa shape index (κ1) is 56.4. The highest BCUT2D eigenvalue weighted by atomic mass is 16.6. The molecule has 0 saturated heterocycles. The molecule has 0 amide bonds. The maximum absolute atomic E-state index is 12.7. The van der Waals surface area contributed by atoms with E-state index in [4.69, 9.17) is 14.2 Å². The molecule has 0 aromatic heterocycles. The van der Waals surface area contributed by atoms with Crippen molar-refractivity contribution in [2.45, 2.75) is 258 Å². The van der Waals surface area contributed by atoms with E-state index < -0.39 is 6.10 Å². The van der Waals surface area contributed by atoms with Gasteiger partial charge in [-0.3, -0.25) is 14.4 Å². The van der Waals surface area contributed by atoms with Crippen molar-refractivity contribution < 1.29 is 28.6 Å². The third kappa shape index (κ3) is 46.3. The number of unbranched alkanes of at least 4 members (excludes halogenated alkanes) is 26. The highest BCUT2D eigenvalue weighted by Gasteiger charge is 2.19. The fraction of sp³-hybridized carbons (Fsp3) is 0.792.